The van der Waals surface area contributed by atoms with Gasteiger partial charge < -0.3 is 9.15 Å². The van der Waals surface area contributed by atoms with Gasteiger partial charge in [-0.15, -0.1) is 0 Å². The zero-order valence-corrected chi connectivity index (χ0v) is 13.2. The molecule has 0 amide bonds. The molecule has 21 heavy (non-hydrogen) atoms. The average Bonchev–Trinajstić information content (AvgIpc) is 2.43. The van der Waals surface area contributed by atoms with Gasteiger partial charge in [0.15, 0.2) is 0 Å². The van der Waals surface area contributed by atoms with Crippen molar-refractivity contribution in [1.29, 1.82) is 0 Å². The Morgan fingerprint density at radius 1 is 1.38 bits per heavy atom. The molecular weight excluding hydrogens is 288 g/mol. The summed E-state index contributed by atoms with van der Waals surface area (Å²) < 4.78 is 9.89. The van der Waals surface area contributed by atoms with Gasteiger partial charge in [0.25, 0.3) is 0 Å². The second-order valence-electron chi connectivity index (χ2n) is 4.99. The van der Waals surface area contributed by atoms with Crippen LogP contribution < -0.4 is 5.63 Å². The van der Waals surface area contributed by atoms with E-state index in [1.165, 1.54) is 13.2 Å². The summed E-state index contributed by atoms with van der Waals surface area (Å²) >= 11 is 1.62. The topological polar surface area (TPSA) is 56.5 Å². The third kappa shape index (κ3) is 4.11. The highest BCUT2D eigenvalue weighted by molar-refractivity contribution is 7.99. The molecule has 0 spiro atoms. The lowest BCUT2D eigenvalue weighted by molar-refractivity contribution is -0.140. The third-order valence-electron chi connectivity index (χ3n) is 3.19. The maximum Gasteiger partial charge on any atom is 0.336 e. The second kappa shape index (κ2) is 6.80. The summed E-state index contributed by atoms with van der Waals surface area (Å²) in [6.45, 7) is 3.93. The Hall–Kier alpha value is -1.75. The molecular formula is C16H18O4S. The molecule has 1 aromatic heterocycles. The van der Waals surface area contributed by atoms with Gasteiger partial charge in [-0.05, 0) is 24.1 Å². The highest BCUT2D eigenvalue weighted by atomic mass is 32.2. The molecule has 0 bridgehead atoms. The molecule has 0 aliphatic heterocycles. The largest absolute Gasteiger partial charge is 0.469 e. The Morgan fingerprint density at radius 3 is 2.86 bits per heavy atom. The fourth-order valence-corrected chi connectivity index (χ4v) is 3.02. The number of aryl methyl sites for hydroxylation is 1. The van der Waals surface area contributed by atoms with E-state index in [-0.39, 0.29) is 16.8 Å². The lowest BCUT2D eigenvalue weighted by atomic mass is 10.1. The average molecular weight is 306 g/mol. The van der Waals surface area contributed by atoms with E-state index in [4.69, 9.17) is 4.42 Å². The minimum Gasteiger partial charge on any atom is -0.469 e. The molecule has 0 radical (unpaired) electrons. The van der Waals surface area contributed by atoms with Crippen molar-refractivity contribution in [2.75, 3.05) is 7.11 Å². The molecule has 1 heterocycles. The zero-order chi connectivity index (χ0) is 15.4. The maximum atomic E-state index is 11.6. The fourth-order valence-electron chi connectivity index (χ4n) is 2.07. The number of hydrogen-bond donors (Lipinski definition) is 0. The number of esters is 1. The van der Waals surface area contributed by atoms with Gasteiger partial charge in [-0.1, -0.05) is 19.1 Å². The lowest BCUT2D eigenvalue weighted by Crippen LogP contribution is -2.09. The van der Waals surface area contributed by atoms with Gasteiger partial charge in [-0.2, -0.15) is 11.8 Å². The van der Waals surface area contributed by atoms with Gasteiger partial charge in [0, 0.05) is 22.5 Å². The zero-order valence-electron chi connectivity index (χ0n) is 12.3. The van der Waals surface area contributed by atoms with E-state index in [9.17, 15) is 9.59 Å². The van der Waals surface area contributed by atoms with Crippen molar-refractivity contribution < 1.29 is 13.9 Å². The molecule has 2 rings (SSSR count). The summed E-state index contributed by atoms with van der Waals surface area (Å²) in [6, 6.07) is 7.35. The SMILES string of the molecule is COC(=O)C[C@H](C)SCc1cc(=O)oc2cc(C)ccc12. The minimum atomic E-state index is -0.343. The van der Waals surface area contributed by atoms with Crippen molar-refractivity contribution in [3.63, 3.8) is 0 Å². The number of rotatable bonds is 5. The summed E-state index contributed by atoms with van der Waals surface area (Å²) in [4.78, 5) is 22.9. The number of carbonyl (C=O) groups is 1. The monoisotopic (exact) mass is 306 g/mol. The van der Waals surface area contributed by atoms with Crippen LogP contribution in [0.25, 0.3) is 11.0 Å². The van der Waals surface area contributed by atoms with Crippen LogP contribution in [0.15, 0.2) is 33.5 Å². The van der Waals surface area contributed by atoms with Crippen LogP contribution in [0.1, 0.15) is 24.5 Å². The molecule has 0 N–H and O–H groups in total. The van der Waals surface area contributed by atoms with Gasteiger partial charge in [0.1, 0.15) is 5.58 Å². The molecule has 0 fully saturated rings. The lowest BCUT2D eigenvalue weighted by Gasteiger charge is -2.11. The first kappa shape index (κ1) is 15.6. The number of thioether (sulfide) groups is 1. The molecule has 0 aliphatic carbocycles. The number of methoxy groups -OCH3 is 1. The van der Waals surface area contributed by atoms with Crippen LogP contribution in [0.4, 0.5) is 0 Å². The van der Waals surface area contributed by atoms with Crippen LogP contribution in [-0.2, 0) is 15.3 Å². The predicted octanol–water partition coefficient (Wildman–Crippen LogP) is 3.29. The van der Waals surface area contributed by atoms with Crippen molar-refractivity contribution >= 4 is 28.7 Å². The van der Waals surface area contributed by atoms with Crippen molar-refractivity contribution in [2.45, 2.75) is 31.3 Å². The number of ether oxygens (including phenoxy) is 1. The first-order chi connectivity index (χ1) is 9.99. The molecule has 4 nitrogen and oxygen atoms in total. The predicted molar refractivity (Wildman–Crippen MR) is 84.6 cm³/mol. The van der Waals surface area contributed by atoms with Crippen LogP contribution in [0.3, 0.4) is 0 Å². The highest BCUT2D eigenvalue weighted by Gasteiger charge is 2.12. The molecule has 5 heteroatoms. The molecule has 0 unspecified atom stereocenters. The van der Waals surface area contributed by atoms with Gasteiger partial charge in [-0.3, -0.25) is 4.79 Å². The van der Waals surface area contributed by atoms with Crippen LogP contribution in [0, 0.1) is 6.92 Å². The summed E-state index contributed by atoms with van der Waals surface area (Å²) in [5, 5.41) is 1.07. The Kier molecular flexibility index (Phi) is 5.07. The second-order valence-corrected chi connectivity index (χ2v) is 6.42. The quantitative estimate of drug-likeness (QED) is 0.627. The number of carbonyl (C=O) groups excluding carboxylic acids is 1. The summed E-state index contributed by atoms with van der Waals surface area (Å²) in [7, 11) is 1.39. The van der Waals surface area contributed by atoms with Crippen molar-refractivity contribution in [3.05, 3.63) is 45.8 Å². The van der Waals surface area contributed by atoms with Crippen molar-refractivity contribution in [3.8, 4) is 0 Å². The number of hydrogen-bond acceptors (Lipinski definition) is 5. The van der Waals surface area contributed by atoms with Crippen LogP contribution in [-0.4, -0.2) is 18.3 Å². The molecule has 1 aromatic carbocycles. The van der Waals surface area contributed by atoms with Crippen LogP contribution >= 0.6 is 11.8 Å². The molecule has 0 aliphatic rings. The maximum absolute atomic E-state index is 11.6. The Morgan fingerprint density at radius 2 is 2.14 bits per heavy atom. The first-order valence-corrected chi connectivity index (χ1v) is 7.76. The van der Waals surface area contributed by atoms with Gasteiger partial charge in [-0.25, -0.2) is 4.79 Å². The van der Waals surface area contributed by atoms with Gasteiger partial charge in [0.05, 0.1) is 13.5 Å². The Labute approximate surface area is 127 Å². The molecule has 2 aromatic rings. The summed E-state index contributed by atoms with van der Waals surface area (Å²) in [5.74, 6) is 0.437. The van der Waals surface area contributed by atoms with E-state index >= 15 is 0 Å². The standard InChI is InChI=1S/C16H18O4S/c1-10-4-5-13-12(8-16(18)20-14(13)6-10)9-21-11(2)7-15(17)19-3/h4-6,8,11H,7,9H2,1-3H3/t11-/m0/s1. The summed E-state index contributed by atoms with van der Waals surface area (Å²) in [6.07, 6.45) is 0.361. The highest BCUT2D eigenvalue weighted by Crippen LogP contribution is 2.25. The third-order valence-corrected chi connectivity index (χ3v) is 4.40. The first-order valence-electron chi connectivity index (χ1n) is 6.71. The van der Waals surface area contributed by atoms with Gasteiger partial charge in [0.2, 0.25) is 0 Å². The van der Waals surface area contributed by atoms with Crippen molar-refractivity contribution in [2.24, 2.45) is 0 Å². The number of benzene rings is 1. The molecule has 0 saturated carbocycles. The van der Waals surface area contributed by atoms with E-state index in [1.54, 1.807) is 11.8 Å². The fraction of sp³-hybridized carbons (Fsp3) is 0.375. The molecule has 1 atom stereocenters. The van der Waals surface area contributed by atoms with Gasteiger partial charge >= 0.3 is 11.6 Å². The molecule has 0 saturated heterocycles. The smallest absolute Gasteiger partial charge is 0.336 e. The van der Waals surface area contributed by atoms with Crippen molar-refractivity contribution in [1.82, 2.24) is 0 Å². The molecule has 112 valence electrons. The van der Waals surface area contributed by atoms with E-state index in [0.29, 0.717) is 17.8 Å². The Balaban J connectivity index is 2.18. The van der Waals surface area contributed by atoms with E-state index in [2.05, 4.69) is 4.74 Å². The summed E-state index contributed by atoms with van der Waals surface area (Å²) in [5.41, 5.74) is 2.25. The minimum absolute atomic E-state index is 0.130. The number of fused-ring (bicyclic) bond motifs is 1. The van der Waals surface area contributed by atoms with Crippen LogP contribution in [0.5, 0.6) is 0 Å². The van der Waals surface area contributed by atoms with Crippen LogP contribution in [0.2, 0.25) is 0 Å². The Bertz CT molecular complexity index is 705. The van der Waals surface area contributed by atoms with E-state index in [1.807, 2.05) is 32.0 Å². The van der Waals surface area contributed by atoms with E-state index < -0.39 is 0 Å². The van der Waals surface area contributed by atoms with E-state index in [0.717, 1.165) is 16.5 Å². The normalized spacial score (nSPS) is 12.3.